The summed E-state index contributed by atoms with van der Waals surface area (Å²) in [6, 6.07) is 3.46. The van der Waals surface area contributed by atoms with E-state index in [1.165, 1.54) is 18.3 Å². The average Bonchev–Trinajstić information content (AvgIpc) is 3.27. The molecule has 1 aliphatic heterocycles. The lowest BCUT2D eigenvalue weighted by atomic mass is 9.87. The molecule has 212 valence electrons. The molecule has 2 heterocycles. The minimum atomic E-state index is -4.82. The number of carbonyl (C=O) groups is 3. The first kappa shape index (κ1) is 28.6. The molecule has 3 atom stereocenters. The van der Waals surface area contributed by atoms with Gasteiger partial charge < -0.3 is 27.2 Å². The molecule has 2 unspecified atom stereocenters. The van der Waals surface area contributed by atoms with E-state index in [4.69, 9.17) is 23.1 Å². The number of guanidine groups is 1. The van der Waals surface area contributed by atoms with Gasteiger partial charge in [0.05, 0.1) is 42.5 Å². The molecule has 2 aromatic carbocycles. The summed E-state index contributed by atoms with van der Waals surface area (Å²) in [5.41, 5.74) is 10.0. The highest BCUT2D eigenvalue weighted by molar-refractivity contribution is 6.30. The Labute approximate surface area is 228 Å². The number of aliphatic carboxylic acids is 1. The Hall–Kier alpha value is -4.40. The first-order valence-corrected chi connectivity index (χ1v) is 12.0. The monoisotopic (exact) mass is 583 g/mol. The lowest BCUT2D eigenvalue weighted by molar-refractivity contribution is -0.138. The third-order valence-electron chi connectivity index (χ3n) is 6.20. The quantitative estimate of drug-likeness (QED) is 0.253. The highest BCUT2D eigenvalue weighted by Crippen LogP contribution is 2.39. The van der Waals surface area contributed by atoms with Gasteiger partial charge in [0.2, 0.25) is 11.8 Å². The van der Waals surface area contributed by atoms with E-state index in [1.54, 1.807) is 0 Å². The van der Waals surface area contributed by atoms with Crippen molar-refractivity contribution in [2.75, 3.05) is 18.4 Å². The molecule has 0 fully saturated rings. The lowest BCUT2D eigenvalue weighted by Crippen LogP contribution is -2.41. The van der Waals surface area contributed by atoms with Crippen molar-refractivity contribution in [2.24, 2.45) is 16.5 Å². The summed E-state index contributed by atoms with van der Waals surface area (Å²) in [5.74, 6) is -4.71. The highest BCUT2D eigenvalue weighted by Gasteiger charge is 2.37. The fourth-order valence-corrected chi connectivity index (χ4v) is 4.66. The van der Waals surface area contributed by atoms with Gasteiger partial charge in [0.25, 0.3) is 0 Å². The van der Waals surface area contributed by atoms with Crippen LogP contribution in [0.3, 0.4) is 0 Å². The number of primary amides is 2. The summed E-state index contributed by atoms with van der Waals surface area (Å²) in [4.78, 5) is 40.7. The van der Waals surface area contributed by atoms with Gasteiger partial charge >= 0.3 is 12.1 Å². The van der Waals surface area contributed by atoms with Gasteiger partial charge in [-0.1, -0.05) is 11.6 Å². The number of carboxylic acid groups (broad SMARTS) is 1. The van der Waals surface area contributed by atoms with E-state index in [-0.39, 0.29) is 46.4 Å². The minimum absolute atomic E-state index is 0.0239. The number of nitrogens with zero attached hydrogens (tertiary/aromatic N) is 3. The van der Waals surface area contributed by atoms with Crippen molar-refractivity contribution in [3.8, 4) is 0 Å². The molecule has 1 aliphatic rings. The van der Waals surface area contributed by atoms with Crippen molar-refractivity contribution < 1.29 is 37.1 Å². The van der Waals surface area contributed by atoms with Crippen LogP contribution in [0, 0.1) is 0 Å². The van der Waals surface area contributed by atoms with Gasteiger partial charge in [-0.2, -0.15) is 18.3 Å². The number of carboxylic acids is 1. The topological polar surface area (TPSA) is 178 Å². The molecule has 11 nitrogen and oxygen atoms in total. The second-order valence-corrected chi connectivity index (χ2v) is 9.46. The van der Waals surface area contributed by atoms with Gasteiger partial charge in [0, 0.05) is 21.9 Å². The molecule has 0 aliphatic carbocycles. The van der Waals surface area contributed by atoms with Crippen LogP contribution in [0.15, 0.2) is 41.5 Å². The fraction of sp³-hybridized carbons (Fsp3) is 0.292. The molecule has 2 amide bonds. The first-order chi connectivity index (χ1) is 18.7. The van der Waals surface area contributed by atoms with E-state index in [0.29, 0.717) is 17.5 Å². The van der Waals surface area contributed by atoms with E-state index >= 15 is 0 Å². The van der Waals surface area contributed by atoms with Crippen molar-refractivity contribution >= 4 is 51.9 Å². The number of alkyl halides is 4. The predicted molar refractivity (Wildman–Crippen MR) is 137 cm³/mol. The Morgan fingerprint density at radius 2 is 1.93 bits per heavy atom. The first-order valence-electron chi connectivity index (χ1n) is 11.6. The molecule has 3 aromatic rings. The number of nitrogens with one attached hydrogen (secondary N) is 2. The lowest BCUT2D eigenvalue weighted by Gasteiger charge is -2.26. The van der Waals surface area contributed by atoms with Gasteiger partial charge in [0.15, 0.2) is 5.96 Å². The number of fused-ring (bicyclic) bond motifs is 1. The Balaban J connectivity index is 1.89. The fourth-order valence-electron chi connectivity index (χ4n) is 4.42. The molecule has 16 heteroatoms. The Morgan fingerprint density at radius 3 is 2.50 bits per heavy atom. The summed E-state index contributed by atoms with van der Waals surface area (Å²) in [5, 5.41) is 19.4. The average molecular weight is 584 g/mol. The van der Waals surface area contributed by atoms with E-state index in [9.17, 15) is 37.1 Å². The van der Waals surface area contributed by atoms with E-state index < -0.39 is 54.1 Å². The van der Waals surface area contributed by atoms with Crippen LogP contribution in [0.4, 0.5) is 23.2 Å². The van der Waals surface area contributed by atoms with Crippen LogP contribution in [-0.4, -0.2) is 57.9 Å². The van der Waals surface area contributed by atoms with Crippen molar-refractivity contribution in [1.82, 2.24) is 15.1 Å². The number of nitrogens with two attached hydrogens (primary N) is 2. The van der Waals surface area contributed by atoms with Crippen LogP contribution in [0.25, 0.3) is 10.9 Å². The van der Waals surface area contributed by atoms with E-state index in [1.807, 2.05) is 0 Å². The maximum atomic E-state index is 13.5. The summed E-state index contributed by atoms with van der Waals surface area (Å²) in [7, 11) is 0. The number of halogens is 5. The summed E-state index contributed by atoms with van der Waals surface area (Å²) in [6.07, 6.45) is -5.56. The smallest absolute Gasteiger partial charge is 0.416 e. The van der Waals surface area contributed by atoms with Crippen LogP contribution in [0.2, 0.25) is 5.02 Å². The number of hydrogen-bond acceptors (Lipinski definition) is 7. The number of hydrogen-bond donors (Lipinski definition) is 5. The summed E-state index contributed by atoms with van der Waals surface area (Å²) >= 11 is 5.93. The zero-order valence-electron chi connectivity index (χ0n) is 20.4. The third kappa shape index (κ3) is 6.09. The number of aliphatic imine (C=N–C) groups is 1. The molecule has 4 rings (SSSR count). The standard InChI is InChI=1S/C24H22ClF4N7O4/c25-13-2-10(1-12(5-13)24(27,28)29)15(6-19(37)38)20(22(31)40)36-18-4-11(21(30)39)3-17(16(18)9-34-36)35-23-32-7-14(26)8-33-23/h1-5,9,14-15,20H,6-8H2,(H2,30,39)(H2,31,40)(H,37,38)(H2,32,33,35)/t15-,20?/m0/s1. The molecule has 0 saturated heterocycles. The van der Waals surface area contributed by atoms with E-state index in [2.05, 4.69) is 20.7 Å². The second kappa shape index (κ2) is 11.0. The molecule has 40 heavy (non-hydrogen) atoms. The van der Waals surface area contributed by atoms with Gasteiger partial charge in [-0.15, -0.1) is 0 Å². The predicted octanol–water partition coefficient (Wildman–Crippen LogP) is 2.80. The van der Waals surface area contributed by atoms with Crippen LogP contribution < -0.4 is 22.1 Å². The Bertz CT molecular complexity index is 1520. The van der Waals surface area contributed by atoms with Crippen molar-refractivity contribution in [2.45, 2.75) is 30.7 Å². The molecule has 0 radical (unpaired) electrons. The zero-order valence-corrected chi connectivity index (χ0v) is 21.1. The van der Waals surface area contributed by atoms with Gasteiger partial charge in [-0.3, -0.25) is 19.1 Å². The number of aromatic nitrogens is 2. The minimum Gasteiger partial charge on any atom is -0.481 e. The number of carbonyl (C=O) groups excluding carboxylic acids is 2. The van der Waals surface area contributed by atoms with Crippen LogP contribution in [-0.2, 0) is 15.8 Å². The number of amides is 2. The third-order valence-corrected chi connectivity index (χ3v) is 6.42. The van der Waals surface area contributed by atoms with Gasteiger partial charge in [-0.05, 0) is 35.9 Å². The molecule has 1 aromatic heterocycles. The van der Waals surface area contributed by atoms with Gasteiger partial charge in [-0.25, -0.2) is 9.38 Å². The van der Waals surface area contributed by atoms with Crippen LogP contribution >= 0.6 is 11.6 Å². The number of anilines is 1. The number of benzene rings is 2. The van der Waals surface area contributed by atoms with Gasteiger partial charge in [0.1, 0.15) is 12.2 Å². The van der Waals surface area contributed by atoms with Crippen molar-refractivity contribution in [3.63, 3.8) is 0 Å². The summed E-state index contributed by atoms with van der Waals surface area (Å²) in [6.45, 7) is -0.142. The van der Waals surface area contributed by atoms with E-state index in [0.717, 1.165) is 10.7 Å². The second-order valence-electron chi connectivity index (χ2n) is 9.03. The summed E-state index contributed by atoms with van der Waals surface area (Å²) < 4.78 is 55.1. The van der Waals surface area contributed by atoms with Crippen molar-refractivity contribution in [1.29, 1.82) is 0 Å². The maximum absolute atomic E-state index is 13.5. The molecule has 7 N–H and O–H groups in total. The Morgan fingerprint density at radius 1 is 1.20 bits per heavy atom. The largest absolute Gasteiger partial charge is 0.481 e. The highest BCUT2D eigenvalue weighted by atomic mass is 35.5. The molecular formula is C24H22ClF4N7O4. The van der Waals surface area contributed by atoms with Crippen molar-refractivity contribution in [3.05, 3.63) is 58.2 Å². The van der Waals surface area contributed by atoms with Crippen LogP contribution in [0.1, 0.15) is 39.9 Å². The molecule has 0 bridgehead atoms. The van der Waals surface area contributed by atoms with Crippen LogP contribution in [0.5, 0.6) is 0 Å². The SMILES string of the molecule is NC(=O)c1cc(NC2=NCC(F)CN2)c2cnn(C(C(N)=O)[C@@H](CC(=O)O)c3cc(Cl)cc(C(F)(F)F)c3)c2c1. The molecule has 0 saturated carbocycles. The number of rotatable bonds is 8. The maximum Gasteiger partial charge on any atom is 0.416 e. The normalized spacial score (nSPS) is 17.0. The zero-order chi connectivity index (χ0) is 29.4. The Kier molecular flexibility index (Phi) is 7.86. The molecular weight excluding hydrogens is 562 g/mol. The molecule has 0 spiro atoms.